The van der Waals surface area contributed by atoms with Gasteiger partial charge in [0.2, 0.25) is 5.90 Å². The predicted molar refractivity (Wildman–Crippen MR) is 78.5 cm³/mol. The Morgan fingerprint density at radius 3 is 2.40 bits per heavy atom. The lowest BCUT2D eigenvalue weighted by molar-refractivity contribution is -0.115. The summed E-state index contributed by atoms with van der Waals surface area (Å²) >= 11 is 5.82. The van der Waals surface area contributed by atoms with Crippen LogP contribution in [0, 0.1) is 0 Å². The highest BCUT2D eigenvalue weighted by atomic mass is 35.5. The van der Waals surface area contributed by atoms with Crippen LogP contribution in [-0.4, -0.2) is 11.8 Å². The molecule has 0 bridgehead atoms. The molecule has 0 radical (unpaired) electrons. The summed E-state index contributed by atoms with van der Waals surface area (Å²) in [5, 5.41) is 0.645. The van der Waals surface area contributed by atoms with Crippen molar-refractivity contribution in [3.05, 3.63) is 76.5 Å². The van der Waals surface area contributed by atoms with Gasteiger partial charge in [0.05, 0.1) is 0 Å². The summed E-state index contributed by atoms with van der Waals surface area (Å²) in [6.07, 6.45) is 1.65. The average molecular weight is 284 g/mol. The Morgan fingerprint density at radius 2 is 1.70 bits per heavy atom. The third kappa shape index (κ3) is 2.63. The van der Waals surface area contributed by atoms with Crippen LogP contribution in [0.5, 0.6) is 0 Å². The van der Waals surface area contributed by atoms with E-state index in [0.29, 0.717) is 10.9 Å². The van der Waals surface area contributed by atoms with Crippen LogP contribution in [0.25, 0.3) is 6.08 Å². The van der Waals surface area contributed by atoms with E-state index in [0.717, 1.165) is 11.1 Å². The normalized spacial score (nSPS) is 16.1. The third-order valence-corrected chi connectivity index (χ3v) is 3.06. The Morgan fingerprint density at radius 1 is 1.00 bits per heavy atom. The van der Waals surface area contributed by atoms with Gasteiger partial charge in [0, 0.05) is 10.6 Å². The second-order valence-corrected chi connectivity index (χ2v) is 4.69. The number of carbonyl (C=O) groups is 1. The molecule has 0 unspecified atom stereocenters. The van der Waals surface area contributed by atoms with Crippen molar-refractivity contribution < 1.29 is 9.53 Å². The van der Waals surface area contributed by atoms with E-state index in [1.807, 2.05) is 42.5 Å². The summed E-state index contributed by atoms with van der Waals surface area (Å²) < 4.78 is 5.52. The van der Waals surface area contributed by atoms with Gasteiger partial charge >= 0.3 is 5.91 Å². The predicted octanol–water partition coefficient (Wildman–Crippen LogP) is 3.68. The van der Waals surface area contributed by atoms with Crippen molar-refractivity contribution >= 4 is 29.5 Å². The number of carbonyl (C=O) groups excluding carboxylic acids is 1. The number of hydrogen-bond donors (Lipinski definition) is 0. The molecule has 0 atom stereocenters. The minimum atomic E-state index is -0.376. The monoisotopic (exact) mass is 283 g/mol. The van der Waals surface area contributed by atoms with Gasteiger partial charge < -0.3 is 4.74 Å². The van der Waals surface area contributed by atoms with E-state index in [-0.39, 0.29) is 11.7 Å². The van der Waals surface area contributed by atoms with Crippen LogP contribution in [0.2, 0.25) is 5.02 Å². The molecule has 2 aromatic carbocycles. The molecular formula is C16H10ClNO2. The van der Waals surface area contributed by atoms with E-state index in [9.17, 15) is 4.79 Å². The van der Waals surface area contributed by atoms with Crippen LogP contribution in [0.3, 0.4) is 0 Å². The lowest BCUT2D eigenvalue weighted by atomic mass is 10.2. The molecule has 1 aliphatic rings. The van der Waals surface area contributed by atoms with Gasteiger partial charge in [0.15, 0.2) is 5.76 Å². The maximum absolute atomic E-state index is 11.8. The van der Waals surface area contributed by atoms with Gasteiger partial charge in [0.25, 0.3) is 0 Å². The van der Waals surface area contributed by atoms with Gasteiger partial charge in [-0.2, -0.15) is 4.99 Å². The second-order valence-electron chi connectivity index (χ2n) is 4.25. The molecule has 0 saturated carbocycles. The maximum atomic E-state index is 11.8. The van der Waals surface area contributed by atoms with Crippen molar-refractivity contribution in [3.8, 4) is 0 Å². The smallest absolute Gasteiger partial charge is 0.316 e. The van der Waals surface area contributed by atoms with Crippen LogP contribution in [-0.2, 0) is 9.53 Å². The second kappa shape index (κ2) is 5.31. The first-order chi connectivity index (χ1) is 9.72. The van der Waals surface area contributed by atoms with Crippen molar-refractivity contribution in [1.29, 1.82) is 0 Å². The topological polar surface area (TPSA) is 38.7 Å². The molecule has 0 N–H and O–H groups in total. The molecule has 0 saturated heterocycles. The number of aliphatic imine (C=N–C) groups is 1. The summed E-state index contributed by atoms with van der Waals surface area (Å²) in [5.41, 5.74) is 1.61. The lowest BCUT2D eigenvalue weighted by Gasteiger charge is -2.01. The standard InChI is InChI=1S/C16H10ClNO2/c17-13-8-6-11(7-9-13)10-14-15(19)18-16(20-14)12-4-2-1-3-5-12/h1-10H/b14-10-. The molecule has 3 rings (SSSR count). The zero-order valence-electron chi connectivity index (χ0n) is 10.4. The van der Waals surface area contributed by atoms with Crippen LogP contribution in [0.1, 0.15) is 11.1 Å². The molecule has 0 spiro atoms. The van der Waals surface area contributed by atoms with E-state index >= 15 is 0 Å². The molecule has 0 aromatic heterocycles. The van der Waals surface area contributed by atoms with Gasteiger partial charge in [0.1, 0.15) is 0 Å². The molecule has 1 heterocycles. The molecule has 20 heavy (non-hydrogen) atoms. The van der Waals surface area contributed by atoms with Gasteiger partial charge in [-0.05, 0) is 35.9 Å². The van der Waals surface area contributed by atoms with Crippen LogP contribution < -0.4 is 0 Å². The first-order valence-corrected chi connectivity index (χ1v) is 6.44. The van der Waals surface area contributed by atoms with Gasteiger partial charge in [-0.15, -0.1) is 0 Å². The Kier molecular flexibility index (Phi) is 3.35. The molecule has 4 heteroatoms. The average Bonchev–Trinajstić information content (AvgIpc) is 2.84. The molecule has 98 valence electrons. The fourth-order valence-electron chi connectivity index (χ4n) is 1.82. The van der Waals surface area contributed by atoms with E-state index in [1.54, 1.807) is 18.2 Å². The quantitative estimate of drug-likeness (QED) is 0.789. The van der Waals surface area contributed by atoms with Gasteiger partial charge in [-0.1, -0.05) is 41.9 Å². The van der Waals surface area contributed by atoms with Crippen molar-refractivity contribution in [2.24, 2.45) is 4.99 Å². The van der Waals surface area contributed by atoms with E-state index in [2.05, 4.69) is 4.99 Å². The summed E-state index contributed by atoms with van der Waals surface area (Å²) in [6.45, 7) is 0. The fourth-order valence-corrected chi connectivity index (χ4v) is 1.95. The first-order valence-electron chi connectivity index (χ1n) is 6.06. The summed E-state index contributed by atoms with van der Waals surface area (Å²) in [6, 6.07) is 16.5. The molecule has 0 aliphatic carbocycles. The fraction of sp³-hybridized carbons (Fsp3) is 0. The van der Waals surface area contributed by atoms with E-state index < -0.39 is 0 Å². The minimum Gasteiger partial charge on any atom is -0.432 e. The number of nitrogens with zero attached hydrogens (tertiary/aromatic N) is 1. The molecule has 1 amide bonds. The SMILES string of the molecule is O=C1N=C(c2ccccc2)O/C1=C\c1ccc(Cl)cc1. The zero-order chi connectivity index (χ0) is 13.9. The molecule has 1 aliphatic heterocycles. The van der Waals surface area contributed by atoms with Crippen molar-refractivity contribution in [3.63, 3.8) is 0 Å². The number of ether oxygens (including phenoxy) is 1. The minimum absolute atomic E-state index is 0.214. The molecule has 2 aromatic rings. The van der Waals surface area contributed by atoms with E-state index in [1.165, 1.54) is 0 Å². The molecule has 3 nitrogen and oxygen atoms in total. The third-order valence-electron chi connectivity index (χ3n) is 2.81. The highest BCUT2D eigenvalue weighted by Gasteiger charge is 2.23. The summed E-state index contributed by atoms with van der Waals surface area (Å²) in [5.74, 6) is 0.167. The highest BCUT2D eigenvalue weighted by molar-refractivity contribution is 6.30. The largest absolute Gasteiger partial charge is 0.432 e. The van der Waals surface area contributed by atoms with Crippen LogP contribution in [0.15, 0.2) is 65.3 Å². The van der Waals surface area contributed by atoms with E-state index in [4.69, 9.17) is 16.3 Å². The Bertz CT molecular complexity index is 703. The van der Waals surface area contributed by atoms with Crippen molar-refractivity contribution in [2.75, 3.05) is 0 Å². The zero-order valence-corrected chi connectivity index (χ0v) is 11.2. The number of halogens is 1. The Balaban J connectivity index is 1.85. The molecular weight excluding hydrogens is 274 g/mol. The van der Waals surface area contributed by atoms with Crippen LogP contribution >= 0.6 is 11.6 Å². The number of benzene rings is 2. The number of amides is 1. The number of hydrogen-bond acceptors (Lipinski definition) is 2. The van der Waals surface area contributed by atoms with Gasteiger partial charge in [-0.3, -0.25) is 4.79 Å². The highest BCUT2D eigenvalue weighted by Crippen LogP contribution is 2.20. The maximum Gasteiger partial charge on any atom is 0.316 e. The Labute approximate surface area is 121 Å². The summed E-state index contributed by atoms with van der Waals surface area (Å²) in [4.78, 5) is 15.7. The molecule has 0 fully saturated rings. The Hall–Kier alpha value is -2.39. The number of rotatable bonds is 2. The lowest BCUT2D eigenvalue weighted by Crippen LogP contribution is -1.99. The first kappa shape index (κ1) is 12.6. The van der Waals surface area contributed by atoms with Crippen LogP contribution in [0.4, 0.5) is 0 Å². The summed E-state index contributed by atoms with van der Waals surface area (Å²) in [7, 11) is 0. The van der Waals surface area contributed by atoms with Crippen molar-refractivity contribution in [1.82, 2.24) is 0 Å². The van der Waals surface area contributed by atoms with Gasteiger partial charge in [-0.25, -0.2) is 0 Å². The van der Waals surface area contributed by atoms with Crippen molar-refractivity contribution in [2.45, 2.75) is 0 Å².